The molecule has 1 N–H and O–H groups in total. The van der Waals surface area contributed by atoms with Crippen molar-refractivity contribution < 1.29 is 9.32 Å². The third-order valence-corrected chi connectivity index (χ3v) is 4.51. The standard InChI is InChI=1S/C18H15N7O2S/c1-11-19-17(27-22-11)13-8-6-12(7-9-13)16(26)20-14-4-3-5-15(10-14)25-18(28-2)21-23-24-25/h3-10H,1-2H3,(H,20,26). The maximum absolute atomic E-state index is 12.6. The first-order chi connectivity index (χ1) is 13.6. The van der Waals surface area contributed by atoms with Crippen LogP contribution in [0.3, 0.4) is 0 Å². The second kappa shape index (κ2) is 7.61. The number of benzene rings is 2. The predicted molar refractivity (Wildman–Crippen MR) is 103 cm³/mol. The molecule has 0 aliphatic rings. The van der Waals surface area contributed by atoms with Gasteiger partial charge < -0.3 is 9.84 Å². The summed E-state index contributed by atoms with van der Waals surface area (Å²) in [5.41, 5.74) is 2.66. The molecule has 0 fully saturated rings. The third-order valence-electron chi connectivity index (χ3n) is 3.89. The minimum atomic E-state index is -0.229. The average molecular weight is 393 g/mol. The van der Waals surface area contributed by atoms with E-state index in [1.54, 1.807) is 41.9 Å². The maximum atomic E-state index is 12.6. The van der Waals surface area contributed by atoms with E-state index in [4.69, 9.17) is 4.52 Å². The second-order valence-electron chi connectivity index (χ2n) is 5.81. The molecular formula is C18H15N7O2S. The summed E-state index contributed by atoms with van der Waals surface area (Å²) >= 11 is 1.44. The van der Waals surface area contributed by atoms with Crippen LogP contribution in [0, 0.1) is 6.92 Å². The Morgan fingerprint density at radius 2 is 2.00 bits per heavy atom. The number of nitrogens with one attached hydrogen (secondary N) is 1. The van der Waals surface area contributed by atoms with Crippen LogP contribution in [-0.4, -0.2) is 42.5 Å². The number of carbonyl (C=O) groups excluding carboxylic acids is 1. The lowest BCUT2D eigenvalue weighted by Crippen LogP contribution is -2.12. The average Bonchev–Trinajstić information content (AvgIpc) is 3.37. The number of hydrogen-bond acceptors (Lipinski definition) is 8. The van der Waals surface area contributed by atoms with Crippen LogP contribution in [0.1, 0.15) is 16.2 Å². The normalized spacial score (nSPS) is 10.8. The highest BCUT2D eigenvalue weighted by atomic mass is 32.2. The quantitative estimate of drug-likeness (QED) is 0.515. The molecule has 0 radical (unpaired) electrons. The monoisotopic (exact) mass is 393 g/mol. The molecule has 0 spiro atoms. The van der Waals surface area contributed by atoms with E-state index in [-0.39, 0.29) is 5.91 Å². The van der Waals surface area contributed by atoms with E-state index in [1.165, 1.54) is 11.8 Å². The molecule has 0 aliphatic heterocycles. The Hall–Kier alpha value is -3.53. The van der Waals surface area contributed by atoms with Crippen molar-refractivity contribution >= 4 is 23.4 Å². The first kappa shape index (κ1) is 17.9. The molecule has 0 saturated heterocycles. The van der Waals surface area contributed by atoms with Crippen molar-refractivity contribution in [2.45, 2.75) is 12.1 Å². The van der Waals surface area contributed by atoms with Gasteiger partial charge in [0, 0.05) is 16.8 Å². The fourth-order valence-corrected chi connectivity index (χ4v) is 3.00. The molecule has 2 heterocycles. The molecule has 4 aromatic rings. The van der Waals surface area contributed by atoms with Gasteiger partial charge in [-0.25, -0.2) is 0 Å². The topological polar surface area (TPSA) is 112 Å². The van der Waals surface area contributed by atoms with Crippen LogP contribution in [0.2, 0.25) is 0 Å². The highest BCUT2D eigenvalue weighted by Gasteiger charge is 2.11. The lowest BCUT2D eigenvalue weighted by atomic mass is 10.1. The Morgan fingerprint density at radius 3 is 2.71 bits per heavy atom. The van der Waals surface area contributed by atoms with Crippen LogP contribution < -0.4 is 5.32 Å². The zero-order valence-electron chi connectivity index (χ0n) is 15.0. The van der Waals surface area contributed by atoms with E-state index in [1.807, 2.05) is 24.5 Å². The van der Waals surface area contributed by atoms with Crippen molar-refractivity contribution in [1.29, 1.82) is 0 Å². The number of thioether (sulfide) groups is 1. The van der Waals surface area contributed by atoms with Crippen molar-refractivity contribution in [1.82, 2.24) is 30.3 Å². The first-order valence-corrected chi connectivity index (χ1v) is 9.51. The van der Waals surface area contributed by atoms with E-state index < -0.39 is 0 Å². The predicted octanol–water partition coefficient (Wildman–Crippen LogP) is 2.99. The van der Waals surface area contributed by atoms with E-state index in [0.29, 0.717) is 28.1 Å². The summed E-state index contributed by atoms with van der Waals surface area (Å²) in [5.74, 6) is 0.749. The Bertz CT molecular complexity index is 1120. The van der Waals surface area contributed by atoms with Gasteiger partial charge >= 0.3 is 0 Å². The molecule has 140 valence electrons. The van der Waals surface area contributed by atoms with Crippen molar-refractivity contribution in [2.24, 2.45) is 0 Å². The number of nitrogens with zero attached hydrogens (tertiary/aromatic N) is 6. The summed E-state index contributed by atoms with van der Waals surface area (Å²) in [7, 11) is 0. The zero-order valence-corrected chi connectivity index (χ0v) is 15.8. The van der Waals surface area contributed by atoms with Crippen molar-refractivity contribution in [3.05, 3.63) is 59.9 Å². The third kappa shape index (κ3) is 3.62. The van der Waals surface area contributed by atoms with Crippen LogP contribution >= 0.6 is 11.8 Å². The lowest BCUT2D eigenvalue weighted by Gasteiger charge is -2.08. The van der Waals surface area contributed by atoms with Crippen LogP contribution in [0.25, 0.3) is 17.1 Å². The van der Waals surface area contributed by atoms with Crippen LogP contribution in [0.5, 0.6) is 0 Å². The fraction of sp³-hybridized carbons (Fsp3) is 0.111. The van der Waals surface area contributed by atoms with E-state index in [9.17, 15) is 4.79 Å². The Morgan fingerprint density at radius 1 is 1.18 bits per heavy atom. The number of carbonyl (C=O) groups is 1. The minimum Gasteiger partial charge on any atom is -0.334 e. The van der Waals surface area contributed by atoms with Gasteiger partial charge in [-0.05, 0) is 66.1 Å². The van der Waals surface area contributed by atoms with Gasteiger partial charge in [0.05, 0.1) is 5.69 Å². The smallest absolute Gasteiger partial charge is 0.257 e. The minimum absolute atomic E-state index is 0.229. The lowest BCUT2D eigenvalue weighted by molar-refractivity contribution is 0.102. The summed E-state index contributed by atoms with van der Waals surface area (Å²) in [4.78, 5) is 16.7. The molecule has 9 nitrogen and oxygen atoms in total. The van der Waals surface area contributed by atoms with Gasteiger partial charge in [0.15, 0.2) is 5.82 Å². The summed E-state index contributed by atoms with van der Waals surface area (Å²) in [5, 5.41) is 18.9. The van der Waals surface area contributed by atoms with Gasteiger partial charge in [-0.2, -0.15) is 9.67 Å². The highest BCUT2D eigenvalue weighted by molar-refractivity contribution is 7.98. The molecule has 28 heavy (non-hydrogen) atoms. The number of rotatable bonds is 5. The SMILES string of the molecule is CSc1nnnn1-c1cccc(NC(=O)c2ccc(-c3nc(C)no3)cc2)c1. The van der Waals surface area contributed by atoms with Crippen molar-refractivity contribution in [3.63, 3.8) is 0 Å². The zero-order chi connectivity index (χ0) is 19.5. The molecule has 2 aromatic heterocycles. The van der Waals surface area contributed by atoms with Gasteiger partial charge in [0.1, 0.15) is 0 Å². The molecular weight excluding hydrogens is 378 g/mol. The maximum Gasteiger partial charge on any atom is 0.257 e. The summed E-state index contributed by atoms with van der Waals surface area (Å²) < 4.78 is 6.74. The fourth-order valence-electron chi connectivity index (χ4n) is 2.57. The van der Waals surface area contributed by atoms with Crippen molar-refractivity contribution in [2.75, 3.05) is 11.6 Å². The molecule has 0 atom stereocenters. The molecule has 1 amide bonds. The summed E-state index contributed by atoms with van der Waals surface area (Å²) in [6.07, 6.45) is 1.90. The van der Waals surface area contributed by atoms with E-state index >= 15 is 0 Å². The van der Waals surface area contributed by atoms with Gasteiger partial charge in [0.25, 0.3) is 11.8 Å². The largest absolute Gasteiger partial charge is 0.334 e. The van der Waals surface area contributed by atoms with Crippen LogP contribution in [0.15, 0.2) is 58.2 Å². The Labute approximate surface area is 164 Å². The van der Waals surface area contributed by atoms with Gasteiger partial charge in [-0.15, -0.1) is 5.10 Å². The number of aromatic nitrogens is 6. The summed E-state index contributed by atoms with van der Waals surface area (Å²) in [6.45, 7) is 1.75. The molecule has 0 unspecified atom stereocenters. The van der Waals surface area contributed by atoms with E-state index in [2.05, 4.69) is 31.0 Å². The molecule has 0 aliphatic carbocycles. The van der Waals surface area contributed by atoms with E-state index in [0.717, 1.165) is 11.3 Å². The molecule has 10 heteroatoms. The Balaban J connectivity index is 1.51. The van der Waals surface area contributed by atoms with Crippen molar-refractivity contribution in [3.8, 4) is 17.1 Å². The molecule has 4 rings (SSSR count). The number of aryl methyl sites for hydroxylation is 1. The second-order valence-corrected chi connectivity index (χ2v) is 6.58. The number of amides is 1. The van der Waals surface area contributed by atoms with Gasteiger partial charge in [-0.3, -0.25) is 4.79 Å². The van der Waals surface area contributed by atoms with Gasteiger partial charge in [-0.1, -0.05) is 23.0 Å². The Kier molecular flexibility index (Phi) is 4.85. The number of tetrazole rings is 1. The van der Waals surface area contributed by atoms with Gasteiger partial charge in [0.2, 0.25) is 5.16 Å². The number of hydrogen-bond donors (Lipinski definition) is 1. The molecule has 2 aromatic carbocycles. The first-order valence-electron chi connectivity index (χ1n) is 8.29. The summed E-state index contributed by atoms with van der Waals surface area (Å²) in [6, 6.07) is 14.3. The molecule has 0 saturated carbocycles. The molecule has 0 bridgehead atoms. The van der Waals surface area contributed by atoms with Crippen LogP contribution in [0.4, 0.5) is 5.69 Å². The number of anilines is 1. The van der Waals surface area contributed by atoms with Crippen LogP contribution in [-0.2, 0) is 0 Å². The highest BCUT2D eigenvalue weighted by Crippen LogP contribution is 2.21.